The van der Waals surface area contributed by atoms with Gasteiger partial charge in [0.2, 0.25) is 0 Å². The van der Waals surface area contributed by atoms with Crippen molar-refractivity contribution in [3.8, 4) is 11.5 Å². The van der Waals surface area contributed by atoms with E-state index in [1.807, 2.05) is 72.8 Å². The number of carbonyl (C=O) groups is 1. The van der Waals surface area contributed by atoms with Crippen LogP contribution in [-0.2, 0) is 0 Å². The van der Waals surface area contributed by atoms with Gasteiger partial charge in [0, 0.05) is 0 Å². The summed E-state index contributed by atoms with van der Waals surface area (Å²) in [6.07, 6.45) is 0. The Hall–Kier alpha value is -3.75. The summed E-state index contributed by atoms with van der Waals surface area (Å²) >= 11 is 0. The van der Waals surface area contributed by atoms with Crippen LogP contribution in [0.1, 0.15) is 10.4 Å². The molecule has 0 radical (unpaired) electrons. The molecule has 0 N–H and O–H groups in total. The first-order chi connectivity index (χ1) is 15.6. The fourth-order valence-corrected chi connectivity index (χ4v) is 10.2. The van der Waals surface area contributed by atoms with Gasteiger partial charge in [-0.05, 0) is 0 Å². The quantitative estimate of drug-likeness (QED) is 0.313. The first-order valence-electron chi connectivity index (χ1n) is 10.4. The average molecular weight is 438 g/mol. The summed E-state index contributed by atoms with van der Waals surface area (Å²) in [6.45, 7) is 0. The summed E-state index contributed by atoms with van der Waals surface area (Å²) in [5.41, 5.74) is 0.0992. The van der Waals surface area contributed by atoms with E-state index in [0.29, 0.717) is 17.1 Å². The van der Waals surface area contributed by atoms with Gasteiger partial charge in [-0.2, -0.15) is 0 Å². The molecule has 32 heavy (non-hydrogen) atoms. The molecular formula is C27H16FO3P. The fourth-order valence-electron chi connectivity index (χ4n) is 5.25. The van der Waals surface area contributed by atoms with Crippen LogP contribution in [0.4, 0.5) is 4.39 Å². The fraction of sp³-hybridized carbons (Fsp3) is 0. The van der Waals surface area contributed by atoms with Crippen molar-refractivity contribution in [2.24, 2.45) is 0 Å². The Morgan fingerprint density at radius 2 is 1.09 bits per heavy atom. The Labute approximate surface area is 183 Å². The summed E-state index contributed by atoms with van der Waals surface area (Å²) in [7, 11) is -4.37. The molecule has 0 saturated heterocycles. The number of rotatable bonds is 2. The number of carbonyl (C=O) groups excluding carboxylic acids is 1. The molecule has 0 fully saturated rings. The van der Waals surface area contributed by atoms with E-state index in [2.05, 4.69) is 0 Å². The van der Waals surface area contributed by atoms with Gasteiger partial charge in [0.15, 0.2) is 0 Å². The predicted octanol–water partition coefficient (Wildman–Crippen LogP) is 6.09. The summed E-state index contributed by atoms with van der Waals surface area (Å²) in [5, 5.41) is 5.30. The minimum absolute atomic E-state index is 0.261. The van der Waals surface area contributed by atoms with Crippen LogP contribution >= 0.6 is 7.06 Å². The van der Waals surface area contributed by atoms with Gasteiger partial charge < -0.3 is 0 Å². The van der Waals surface area contributed by atoms with Crippen molar-refractivity contribution in [3.63, 3.8) is 0 Å². The molecule has 2 heterocycles. The van der Waals surface area contributed by atoms with E-state index in [0.717, 1.165) is 32.2 Å². The third-order valence-corrected chi connectivity index (χ3v) is 11.2. The van der Waals surface area contributed by atoms with E-state index in [9.17, 15) is 9.18 Å². The molecule has 3 nitrogen and oxygen atoms in total. The molecule has 5 aromatic rings. The van der Waals surface area contributed by atoms with Crippen molar-refractivity contribution in [1.29, 1.82) is 0 Å². The average Bonchev–Trinajstić information content (AvgIpc) is 3.29. The number of hydrogen-bond acceptors (Lipinski definition) is 3. The second-order valence-corrected chi connectivity index (χ2v) is 11.9. The second-order valence-electron chi connectivity index (χ2n) is 8.22. The second kappa shape index (κ2) is 5.73. The summed E-state index contributed by atoms with van der Waals surface area (Å²) in [6, 6.07) is 29.1. The van der Waals surface area contributed by atoms with Crippen LogP contribution in [0.3, 0.4) is 0 Å². The minimum atomic E-state index is -4.37. The van der Waals surface area contributed by atoms with E-state index < -0.39 is 12.9 Å². The zero-order valence-electron chi connectivity index (χ0n) is 16.8. The molecule has 154 valence electrons. The van der Waals surface area contributed by atoms with Gasteiger partial charge in [-0.3, -0.25) is 0 Å². The van der Waals surface area contributed by atoms with Gasteiger partial charge in [0.1, 0.15) is 0 Å². The molecule has 2 aliphatic heterocycles. The summed E-state index contributed by atoms with van der Waals surface area (Å²) in [4.78, 5) is 14.6. The summed E-state index contributed by atoms with van der Waals surface area (Å²) in [5.74, 6) is 0.872. The van der Waals surface area contributed by atoms with E-state index >= 15 is 0 Å². The molecule has 1 spiro atoms. The van der Waals surface area contributed by atoms with Gasteiger partial charge in [-0.25, -0.2) is 0 Å². The zero-order chi connectivity index (χ0) is 21.5. The van der Waals surface area contributed by atoms with Crippen LogP contribution in [0.2, 0.25) is 0 Å². The van der Waals surface area contributed by atoms with E-state index in [1.165, 1.54) is 24.3 Å². The van der Waals surface area contributed by atoms with Crippen LogP contribution in [0.25, 0.3) is 21.5 Å². The number of halogens is 1. The van der Waals surface area contributed by atoms with Gasteiger partial charge in [-0.15, -0.1) is 0 Å². The third kappa shape index (κ3) is 1.88. The molecule has 0 unspecified atom stereocenters. The molecule has 0 bridgehead atoms. The van der Waals surface area contributed by atoms with E-state index in [1.54, 1.807) is 0 Å². The number of fused-ring (bicyclic) bond motifs is 2. The van der Waals surface area contributed by atoms with Crippen molar-refractivity contribution in [2.45, 2.75) is 0 Å². The Bertz CT molecular complexity index is 1520. The van der Waals surface area contributed by atoms with Gasteiger partial charge in [0.25, 0.3) is 0 Å². The van der Waals surface area contributed by atoms with Crippen LogP contribution in [0.5, 0.6) is 11.5 Å². The van der Waals surface area contributed by atoms with Gasteiger partial charge in [0.05, 0.1) is 0 Å². The SMILES string of the molecule is O=C(c1ccc(F)cc1)P12(Oc3cccc4cccc1c34)Oc1cccc3cccc2c13. The van der Waals surface area contributed by atoms with E-state index in [4.69, 9.17) is 9.05 Å². The maximum atomic E-state index is 14.6. The number of benzene rings is 5. The molecule has 5 aromatic carbocycles. The maximum absolute atomic E-state index is 14.6. The van der Waals surface area contributed by atoms with Crippen molar-refractivity contribution in [3.05, 3.63) is 108 Å². The number of hydrogen-bond donors (Lipinski definition) is 0. The molecule has 2 aliphatic rings. The first kappa shape index (κ1) is 17.9. The van der Waals surface area contributed by atoms with Crippen molar-refractivity contribution >= 4 is 44.7 Å². The Balaban J connectivity index is 1.67. The normalized spacial score (nSPS) is 17.6. The molecule has 5 heteroatoms. The monoisotopic (exact) mass is 438 g/mol. The molecule has 0 amide bonds. The summed E-state index contributed by atoms with van der Waals surface area (Å²) < 4.78 is 27.4. The molecular weight excluding hydrogens is 422 g/mol. The molecule has 0 aliphatic carbocycles. The molecule has 7 rings (SSSR count). The van der Waals surface area contributed by atoms with Crippen LogP contribution in [-0.4, -0.2) is 5.52 Å². The Kier molecular flexibility index (Phi) is 3.20. The third-order valence-electron chi connectivity index (χ3n) is 6.57. The van der Waals surface area contributed by atoms with Gasteiger partial charge >= 0.3 is 183 Å². The first-order valence-corrected chi connectivity index (χ1v) is 12.5. The van der Waals surface area contributed by atoms with E-state index in [-0.39, 0.29) is 5.52 Å². The Morgan fingerprint density at radius 1 is 0.625 bits per heavy atom. The van der Waals surface area contributed by atoms with Crippen LogP contribution < -0.4 is 19.7 Å². The molecule has 0 atom stereocenters. The Morgan fingerprint density at radius 3 is 1.59 bits per heavy atom. The van der Waals surface area contributed by atoms with Crippen molar-refractivity contribution in [2.75, 3.05) is 0 Å². The van der Waals surface area contributed by atoms with Crippen molar-refractivity contribution < 1.29 is 18.2 Å². The van der Waals surface area contributed by atoms with Gasteiger partial charge in [-0.1, -0.05) is 0 Å². The van der Waals surface area contributed by atoms with Crippen LogP contribution in [0, 0.1) is 5.82 Å². The van der Waals surface area contributed by atoms with Crippen LogP contribution in [0.15, 0.2) is 97.1 Å². The zero-order valence-corrected chi connectivity index (χ0v) is 17.7. The standard InChI is InChI=1S/C27H16FO3P/c28-20-15-13-19(14-16-20)27(29)32(23-11-3-7-17-5-1-9-21(30-32)25(17)23)24-12-4-8-18-6-2-10-22(31-32)26(18)24/h1-16H. The topological polar surface area (TPSA) is 35.5 Å². The molecule has 0 aromatic heterocycles. The predicted molar refractivity (Wildman–Crippen MR) is 126 cm³/mol. The van der Waals surface area contributed by atoms with Crippen molar-refractivity contribution in [1.82, 2.24) is 0 Å². The molecule has 0 saturated carbocycles.